The Morgan fingerprint density at radius 3 is 2.47 bits per heavy atom. The average Bonchev–Trinajstić information content (AvgIpc) is 3.24. The molecule has 2 aliphatic rings. The highest BCUT2D eigenvalue weighted by Crippen LogP contribution is 2.47. The summed E-state index contributed by atoms with van der Waals surface area (Å²) >= 11 is 1.75. The first-order valence-electron chi connectivity index (χ1n) is 9.39. The van der Waals surface area contributed by atoms with Crippen LogP contribution in [-0.4, -0.2) is 25.6 Å². The van der Waals surface area contributed by atoms with Crippen molar-refractivity contribution in [1.82, 2.24) is 5.43 Å². The molecule has 7 nitrogen and oxygen atoms in total. The van der Waals surface area contributed by atoms with Gasteiger partial charge in [-0.1, -0.05) is 36.0 Å². The minimum absolute atomic E-state index is 0.191. The van der Waals surface area contributed by atoms with Crippen molar-refractivity contribution in [2.75, 3.05) is 23.6 Å². The summed E-state index contributed by atoms with van der Waals surface area (Å²) in [5, 5.41) is 6.81. The standard InChI is InChI=1S/C22H18N4O3S/c27-22(24-15-9-10-18-19(13-15)29-14-28-18)25-23-11-12-26-16-5-1-3-7-20(16)30-21-8-4-2-6-17(21)26/h1-11,13H,12,14H2,(H2,24,25,27)/b23-11+. The van der Waals surface area contributed by atoms with Crippen molar-refractivity contribution in [3.8, 4) is 11.5 Å². The topological polar surface area (TPSA) is 75.2 Å². The molecular weight excluding hydrogens is 400 g/mol. The lowest BCUT2D eigenvalue weighted by atomic mass is 10.2. The number of hydrazone groups is 1. The van der Waals surface area contributed by atoms with Crippen LogP contribution in [0.4, 0.5) is 21.9 Å². The SMILES string of the molecule is O=C(N/N=C/CN1c2ccccc2Sc2ccccc21)Nc1ccc2c(c1)OCO2. The summed E-state index contributed by atoms with van der Waals surface area (Å²) in [4.78, 5) is 16.7. The normalized spacial score (nSPS) is 13.7. The van der Waals surface area contributed by atoms with Crippen LogP contribution in [0.3, 0.4) is 0 Å². The van der Waals surface area contributed by atoms with Gasteiger partial charge in [-0.25, -0.2) is 10.2 Å². The van der Waals surface area contributed by atoms with Gasteiger partial charge in [0.2, 0.25) is 6.79 Å². The van der Waals surface area contributed by atoms with Crippen LogP contribution in [0.1, 0.15) is 0 Å². The molecule has 2 aliphatic heterocycles. The highest BCUT2D eigenvalue weighted by Gasteiger charge is 2.21. The number of anilines is 3. The minimum atomic E-state index is -0.430. The molecule has 0 saturated carbocycles. The molecule has 0 spiro atoms. The third-order valence-electron chi connectivity index (χ3n) is 4.68. The zero-order valence-electron chi connectivity index (χ0n) is 15.9. The number of nitrogens with zero attached hydrogens (tertiary/aromatic N) is 2. The van der Waals surface area contributed by atoms with Gasteiger partial charge in [-0.2, -0.15) is 5.10 Å². The molecule has 3 aromatic rings. The number of para-hydroxylation sites is 2. The van der Waals surface area contributed by atoms with Crippen LogP contribution >= 0.6 is 11.8 Å². The fourth-order valence-electron chi connectivity index (χ4n) is 3.34. The first-order valence-corrected chi connectivity index (χ1v) is 10.2. The maximum Gasteiger partial charge on any atom is 0.339 e. The van der Waals surface area contributed by atoms with E-state index < -0.39 is 6.03 Å². The molecule has 2 amide bonds. The van der Waals surface area contributed by atoms with Crippen molar-refractivity contribution in [2.24, 2.45) is 5.10 Å². The number of carbonyl (C=O) groups excluding carboxylic acids is 1. The molecule has 0 saturated heterocycles. The van der Waals surface area contributed by atoms with E-state index in [9.17, 15) is 4.79 Å². The number of benzene rings is 3. The number of hydrogen-bond acceptors (Lipinski definition) is 6. The van der Waals surface area contributed by atoms with Crippen molar-refractivity contribution < 1.29 is 14.3 Å². The molecule has 5 rings (SSSR count). The van der Waals surface area contributed by atoms with E-state index in [0.29, 0.717) is 23.7 Å². The molecule has 0 fully saturated rings. The van der Waals surface area contributed by atoms with E-state index in [1.807, 2.05) is 24.3 Å². The number of rotatable bonds is 4. The average molecular weight is 418 g/mol. The largest absolute Gasteiger partial charge is 0.454 e. The van der Waals surface area contributed by atoms with Gasteiger partial charge >= 0.3 is 6.03 Å². The summed E-state index contributed by atoms with van der Waals surface area (Å²) in [6.07, 6.45) is 1.68. The third-order valence-corrected chi connectivity index (χ3v) is 5.81. The van der Waals surface area contributed by atoms with Gasteiger partial charge in [0.1, 0.15) is 0 Å². The highest BCUT2D eigenvalue weighted by atomic mass is 32.2. The van der Waals surface area contributed by atoms with Gasteiger partial charge in [0.15, 0.2) is 11.5 Å². The Balaban J connectivity index is 1.24. The lowest BCUT2D eigenvalue weighted by molar-refractivity contribution is 0.174. The number of nitrogens with one attached hydrogen (secondary N) is 2. The Morgan fingerprint density at radius 1 is 1.00 bits per heavy atom. The second-order valence-electron chi connectivity index (χ2n) is 6.59. The number of carbonyl (C=O) groups is 1. The molecule has 0 aromatic heterocycles. The number of hydrogen-bond donors (Lipinski definition) is 2. The van der Waals surface area contributed by atoms with E-state index in [1.165, 1.54) is 9.79 Å². The van der Waals surface area contributed by atoms with Gasteiger partial charge in [0, 0.05) is 27.8 Å². The summed E-state index contributed by atoms with van der Waals surface area (Å²) in [5.74, 6) is 1.27. The monoisotopic (exact) mass is 418 g/mol. The van der Waals surface area contributed by atoms with Gasteiger partial charge in [-0.15, -0.1) is 0 Å². The van der Waals surface area contributed by atoms with Crippen LogP contribution in [0.5, 0.6) is 11.5 Å². The zero-order chi connectivity index (χ0) is 20.3. The van der Waals surface area contributed by atoms with Gasteiger partial charge in [-0.3, -0.25) is 0 Å². The Kier molecular flexibility index (Phi) is 4.90. The van der Waals surface area contributed by atoms with Crippen LogP contribution < -0.4 is 25.1 Å². The zero-order valence-corrected chi connectivity index (χ0v) is 16.7. The van der Waals surface area contributed by atoms with E-state index >= 15 is 0 Å². The summed E-state index contributed by atoms with van der Waals surface area (Å²) in [6.45, 7) is 0.718. The van der Waals surface area contributed by atoms with Gasteiger partial charge in [-0.05, 0) is 36.4 Å². The number of fused-ring (bicyclic) bond motifs is 3. The highest BCUT2D eigenvalue weighted by molar-refractivity contribution is 7.99. The van der Waals surface area contributed by atoms with E-state index in [2.05, 4.69) is 45.0 Å². The van der Waals surface area contributed by atoms with Crippen molar-refractivity contribution in [3.63, 3.8) is 0 Å². The summed E-state index contributed by atoms with van der Waals surface area (Å²) in [6, 6.07) is 21.3. The quantitative estimate of drug-likeness (QED) is 0.469. The van der Waals surface area contributed by atoms with E-state index in [4.69, 9.17) is 9.47 Å². The molecule has 0 unspecified atom stereocenters. The molecule has 150 valence electrons. The van der Waals surface area contributed by atoms with E-state index in [1.54, 1.807) is 36.2 Å². The molecule has 8 heteroatoms. The summed E-state index contributed by atoms with van der Waals surface area (Å²) in [5.41, 5.74) is 5.35. The second-order valence-corrected chi connectivity index (χ2v) is 7.68. The van der Waals surface area contributed by atoms with Crippen LogP contribution in [0, 0.1) is 0 Å². The van der Waals surface area contributed by atoms with Gasteiger partial charge in [0.05, 0.1) is 17.9 Å². The summed E-state index contributed by atoms with van der Waals surface area (Å²) in [7, 11) is 0. The predicted octanol–water partition coefficient (Wildman–Crippen LogP) is 4.83. The number of amides is 2. The molecule has 0 radical (unpaired) electrons. The smallest absolute Gasteiger partial charge is 0.339 e. The molecule has 3 aromatic carbocycles. The molecule has 30 heavy (non-hydrogen) atoms. The molecule has 0 aliphatic carbocycles. The van der Waals surface area contributed by atoms with Crippen molar-refractivity contribution in [1.29, 1.82) is 0 Å². The van der Waals surface area contributed by atoms with Crippen LogP contribution in [-0.2, 0) is 0 Å². The van der Waals surface area contributed by atoms with Crippen LogP contribution in [0.2, 0.25) is 0 Å². The maximum absolute atomic E-state index is 12.1. The second kappa shape index (κ2) is 8.00. The lowest BCUT2D eigenvalue weighted by Gasteiger charge is -2.31. The Hall–Kier alpha value is -3.65. The Morgan fingerprint density at radius 2 is 1.70 bits per heavy atom. The predicted molar refractivity (Wildman–Crippen MR) is 117 cm³/mol. The molecule has 2 heterocycles. The lowest BCUT2D eigenvalue weighted by Crippen LogP contribution is -2.26. The van der Waals surface area contributed by atoms with Gasteiger partial charge in [0.25, 0.3) is 0 Å². The number of urea groups is 1. The fourth-order valence-corrected chi connectivity index (χ4v) is 4.43. The molecular formula is C22H18N4O3S. The molecule has 0 bridgehead atoms. The first kappa shape index (κ1) is 18.4. The fraction of sp³-hybridized carbons (Fsp3) is 0.0909. The number of ether oxygens (including phenoxy) is 2. The minimum Gasteiger partial charge on any atom is -0.454 e. The van der Waals surface area contributed by atoms with Crippen LogP contribution in [0.15, 0.2) is 81.6 Å². The molecule has 2 N–H and O–H groups in total. The van der Waals surface area contributed by atoms with E-state index in [0.717, 1.165) is 11.4 Å². The van der Waals surface area contributed by atoms with Crippen molar-refractivity contribution in [2.45, 2.75) is 9.79 Å². The van der Waals surface area contributed by atoms with Crippen molar-refractivity contribution in [3.05, 3.63) is 66.7 Å². The van der Waals surface area contributed by atoms with E-state index in [-0.39, 0.29) is 6.79 Å². The van der Waals surface area contributed by atoms with Crippen LogP contribution in [0.25, 0.3) is 0 Å². The van der Waals surface area contributed by atoms with Gasteiger partial charge < -0.3 is 19.7 Å². The maximum atomic E-state index is 12.1. The molecule has 0 atom stereocenters. The Labute approximate surface area is 177 Å². The first-order chi connectivity index (χ1) is 14.8. The summed E-state index contributed by atoms with van der Waals surface area (Å²) < 4.78 is 10.6. The third kappa shape index (κ3) is 3.65. The van der Waals surface area contributed by atoms with Crippen molar-refractivity contribution >= 4 is 41.1 Å². The Bertz CT molecular complexity index is 1090.